The highest BCUT2D eigenvalue weighted by molar-refractivity contribution is 6.30. The third-order valence-corrected chi connectivity index (χ3v) is 6.66. The molecule has 3 aromatic rings. The molecule has 2 aromatic heterocycles. The number of piperazine rings is 1. The van der Waals surface area contributed by atoms with E-state index in [-0.39, 0.29) is 24.4 Å². The summed E-state index contributed by atoms with van der Waals surface area (Å²) in [7, 11) is 0. The van der Waals surface area contributed by atoms with Crippen LogP contribution in [0.1, 0.15) is 47.5 Å². The lowest BCUT2D eigenvalue weighted by atomic mass is 10.2. The molecule has 4 rings (SSSR count). The summed E-state index contributed by atoms with van der Waals surface area (Å²) < 4.78 is 18.0. The van der Waals surface area contributed by atoms with Crippen molar-refractivity contribution in [3.63, 3.8) is 0 Å². The van der Waals surface area contributed by atoms with Crippen LogP contribution in [0.25, 0.3) is 0 Å². The van der Waals surface area contributed by atoms with E-state index in [2.05, 4.69) is 10.4 Å². The monoisotopic (exact) mass is 557 g/mol. The number of rotatable bonds is 8. The molecule has 208 valence electrons. The van der Waals surface area contributed by atoms with Crippen molar-refractivity contribution in [1.82, 2.24) is 19.6 Å². The van der Waals surface area contributed by atoms with Gasteiger partial charge < -0.3 is 29.0 Å². The second-order valence-electron chi connectivity index (χ2n) is 9.21. The molecule has 1 saturated heterocycles. The van der Waals surface area contributed by atoms with Crippen LogP contribution in [0.4, 0.5) is 10.5 Å². The number of nitrogens with one attached hydrogen (secondary N) is 1. The van der Waals surface area contributed by atoms with E-state index in [9.17, 15) is 14.4 Å². The van der Waals surface area contributed by atoms with Gasteiger partial charge >= 0.3 is 6.09 Å². The van der Waals surface area contributed by atoms with Crippen molar-refractivity contribution in [2.45, 2.75) is 40.3 Å². The van der Waals surface area contributed by atoms with Crippen LogP contribution in [0.5, 0.6) is 5.75 Å². The number of aromatic nitrogens is 2. The summed E-state index contributed by atoms with van der Waals surface area (Å²) in [6.45, 7) is 9.25. The Balaban J connectivity index is 1.32. The van der Waals surface area contributed by atoms with Crippen LogP contribution in [0.15, 0.2) is 40.9 Å². The highest BCUT2D eigenvalue weighted by atomic mass is 35.5. The molecule has 0 spiro atoms. The van der Waals surface area contributed by atoms with Crippen molar-refractivity contribution in [2.75, 3.05) is 38.1 Å². The number of carbonyl (C=O) groups excluding carboxylic acids is 3. The number of hydrogen-bond donors (Lipinski definition) is 1. The molecule has 1 N–H and O–H groups in total. The Kier molecular flexibility index (Phi) is 8.80. The molecule has 0 bridgehead atoms. The maximum Gasteiger partial charge on any atom is 0.409 e. The molecule has 3 heterocycles. The number of carbonyl (C=O) groups is 3. The molecule has 1 atom stereocenters. The minimum absolute atomic E-state index is 0.120. The van der Waals surface area contributed by atoms with Gasteiger partial charge in [-0.1, -0.05) is 11.6 Å². The van der Waals surface area contributed by atoms with Gasteiger partial charge in [-0.2, -0.15) is 5.10 Å². The predicted octanol–water partition coefficient (Wildman–Crippen LogP) is 4.44. The average Bonchev–Trinajstić information content (AvgIpc) is 3.54. The lowest BCUT2D eigenvalue weighted by molar-refractivity contribution is -0.136. The molecule has 1 aliphatic heterocycles. The highest BCUT2D eigenvalue weighted by Crippen LogP contribution is 2.24. The molecule has 0 radical (unpaired) electrons. The van der Waals surface area contributed by atoms with Crippen LogP contribution in [-0.2, 0) is 16.1 Å². The molecular formula is C27H32ClN5O6. The number of aryl methyl sites for hydroxylation is 2. The highest BCUT2D eigenvalue weighted by Gasteiger charge is 2.29. The van der Waals surface area contributed by atoms with Crippen LogP contribution >= 0.6 is 11.6 Å². The summed E-state index contributed by atoms with van der Waals surface area (Å²) in [5, 5.41) is 7.86. The van der Waals surface area contributed by atoms with Gasteiger partial charge in [0.25, 0.3) is 5.91 Å². The minimum atomic E-state index is -0.591. The fraction of sp³-hybridized carbons (Fsp3) is 0.407. The van der Waals surface area contributed by atoms with Gasteiger partial charge in [-0.3, -0.25) is 14.3 Å². The Bertz CT molecular complexity index is 1340. The van der Waals surface area contributed by atoms with Gasteiger partial charge in [0.15, 0.2) is 5.76 Å². The first-order chi connectivity index (χ1) is 18.7. The fourth-order valence-electron chi connectivity index (χ4n) is 4.19. The zero-order valence-corrected chi connectivity index (χ0v) is 23.2. The Morgan fingerprint density at radius 2 is 1.82 bits per heavy atom. The normalized spacial score (nSPS) is 14.2. The van der Waals surface area contributed by atoms with E-state index in [1.165, 1.54) is 4.68 Å². The van der Waals surface area contributed by atoms with Gasteiger partial charge in [-0.15, -0.1) is 0 Å². The third-order valence-electron chi connectivity index (χ3n) is 6.43. The minimum Gasteiger partial charge on any atom is -0.485 e. The van der Waals surface area contributed by atoms with Crippen molar-refractivity contribution >= 4 is 35.2 Å². The average molecular weight is 558 g/mol. The summed E-state index contributed by atoms with van der Waals surface area (Å²) in [4.78, 5) is 41.1. The fourth-order valence-corrected chi connectivity index (χ4v) is 4.42. The molecule has 12 heteroatoms. The Morgan fingerprint density at radius 3 is 2.51 bits per heavy atom. The van der Waals surface area contributed by atoms with Crippen molar-refractivity contribution in [2.24, 2.45) is 0 Å². The van der Waals surface area contributed by atoms with Crippen molar-refractivity contribution in [3.05, 3.63) is 64.3 Å². The van der Waals surface area contributed by atoms with Crippen LogP contribution in [0.2, 0.25) is 5.02 Å². The van der Waals surface area contributed by atoms with E-state index in [1.807, 2.05) is 6.92 Å². The number of hydrogen-bond acceptors (Lipinski definition) is 7. The topological polar surface area (TPSA) is 119 Å². The second kappa shape index (κ2) is 12.2. The maximum atomic E-state index is 13.1. The van der Waals surface area contributed by atoms with Gasteiger partial charge in [-0.25, -0.2) is 4.79 Å². The number of ether oxygens (including phenoxy) is 2. The molecule has 0 aliphatic carbocycles. The molecule has 0 saturated carbocycles. The molecular weight excluding hydrogens is 526 g/mol. The largest absolute Gasteiger partial charge is 0.485 e. The molecule has 39 heavy (non-hydrogen) atoms. The maximum absolute atomic E-state index is 13.1. The van der Waals surface area contributed by atoms with Gasteiger partial charge in [0, 0.05) is 37.4 Å². The van der Waals surface area contributed by atoms with Crippen LogP contribution in [0, 0.1) is 13.8 Å². The van der Waals surface area contributed by atoms with Crippen LogP contribution in [0.3, 0.4) is 0 Å². The van der Waals surface area contributed by atoms with E-state index < -0.39 is 11.9 Å². The molecule has 1 fully saturated rings. The lowest BCUT2D eigenvalue weighted by Gasteiger charge is -2.35. The van der Waals surface area contributed by atoms with Gasteiger partial charge in [0.1, 0.15) is 24.2 Å². The van der Waals surface area contributed by atoms with Gasteiger partial charge in [0.2, 0.25) is 5.91 Å². The number of amides is 3. The van der Waals surface area contributed by atoms with Crippen molar-refractivity contribution in [1.29, 1.82) is 0 Å². The molecule has 3 amide bonds. The lowest BCUT2D eigenvalue weighted by Crippen LogP contribution is -2.52. The van der Waals surface area contributed by atoms with E-state index in [1.54, 1.807) is 67.1 Å². The van der Waals surface area contributed by atoms with Crippen LogP contribution in [-0.4, -0.2) is 70.3 Å². The Labute approximate surface area is 231 Å². The number of halogens is 1. The molecule has 1 aromatic carbocycles. The summed E-state index contributed by atoms with van der Waals surface area (Å²) in [5.74, 6) is 0.724. The van der Waals surface area contributed by atoms with Crippen LogP contribution < -0.4 is 10.1 Å². The summed E-state index contributed by atoms with van der Waals surface area (Å²) in [6, 6.07) is 7.99. The standard InChI is InChI=1S/C27H32ClN5O6/c1-5-37-27(36)32-12-10-31(11-13-32)26(35)19(4)33-15-22(18(3)30-33)29-25(34)24-9-7-21(39-24)16-38-23-8-6-20(28)14-17(23)2/h6-9,14-15,19H,5,10-13,16H2,1-4H3,(H,29,34). The Morgan fingerprint density at radius 1 is 1.10 bits per heavy atom. The summed E-state index contributed by atoms with van der Waals surface area (Å²) in [6.07, 6.45) is 1.26. The quantitative estimate of drug-likeness (QED) is 0.435. The first-order valence-electron chi connectivity index (χ1n) is 12.7. The predicted molar refractivity (Wildman–Crippen MR) is 144 cm³/mol. The Hall–Kier alpha value is -3.99. The van der Waals surface area contributed by atoms with Crippen molar-refractivity contribution in [3.8, 4) is 5.75 Å². The molecule has 11 nitrogen and oxygen atoms in total. The summed E-state index contributed by atoms with van der Waals surface area (Å²) >= 11 is 5.98. The summed E-state index contributed by atoms with van der Waals surface area (Å²) in [5.41, 5.74) is 1.92. The number of nitrogens with zero attached hydrogens (tertiary/aromatic N) is 4. The zero-order valence-electron chi connectivity index (χ0n) is 22.4. The zero-order chi connectivity index (χ0) is 28.1. The first kappa shape index (κ1) is 28.0. The second-order valence-corrected chi connectivity index (χ2v) is 9.65. The smallest absolute Gasteiger partial charge is 0.409 e. The van der Waals surface area contributed by atoms with E-state index in [0.717, 1.165) is 5.56 Å². The molecule has 1 aliphatic rings. The SMILES string of the molecule is CCOC(=O)N1CCN(C(=O)C(C)n2cc(NC(=O)c3ccc(COc4ccc(Cl)cc4C)o3)c(C)n2)CC1. The third kappa shape index (κ3) is 6.72. The van der Waals surface area contributed by atoms with Gasteiger partial charge in [-0.05, 0) is 63.6 Å². The molecule has 1 unspecified atom stereocenters. The number of furan rings is 1. The number of benzene rings is 1. The van der Waals surface area contributed by atoms with Crippen molar-refractivity contribution < 1.29 is 28.3 Å². The van der Waals surface area contributed by atoms with E-state index >= 15 is 0 Å². The first-order valence-corrected chi connectivity index (χ1v) is 13.1. The number of anilines is 1. The van der Waals surface area contributed by atoms with Gasteiger partial charge in [0.05, 0.1) is 18.0 Å². The van der Waals surface area contributed by atoms with E-state index in [0.29, 0.717) is 60.7 Å². The van der Waals surface area contributed by atoms with E-state index in [4.69, 9.17) is 25.5 Å².